The predicted molar refractivity (Wildman–Crippen MR) is 56.6 cm³/mol. The summed E-state index contributed by atoms with van der Waals surface area (Å²) >= 11 is 0. The number of allylic oxidation sites excluding steroid dienone is 3. The van der Waals surface area contributed by atoms with Crippen molar-refractivity contribution >= 4 is 11.9 Å². The molecule has 0 aromatic carbocycles. The summed E-state index contributed by atoms with van der Waals surface area (Å²) in [5.41, 5.74) is -1.77. The fourth-order valence-electron chi connectivity index (χ4n) is 1.22. The molecule has 0 atom stereocenters. The summed E-state index contributed by atoms with van der Waals surface area (Å²) in [6, 6.07) is 0. The van der Waals surface area contributed by atoms with Crippen LogP contribution < -0.4 is 0 Å². The second kappa shape index (κ2) is 6.01. The van der Waals surface area contributed by atoms with Gasteiger partial charge in [-0.15, -0.1) is 6.58 Å². The molecule has 4 nitrogen and oxygen atoms in total. The minimum atomic E-state index is -1.77. The van der Waals surface area contributed by atoms with E-state index < -0.39 is 17.4 Å². The molecule has 0 aliphatic rings. The number of carboxylic acid groups (broad SMARTS) is 2. The van der Waals surface area contributed by atoms with E-state index in [4.69, 9.17) is 10.2 Å². The first-order chi connectivity index (χ1) is 7.01. The van der Waals surface area contributed by atoms with Crippen LogP contribution in [0.25, 0.3) is 0 Å². The summed E-state index contributed by atoms with van der Waals surface area (Å²) in [5, 5.41) is 17.9. The third-order valence-electron chi connectivity index (χ3n) is 2.18. The van der Waals surface area contributed by atoms with Crippen LogP contribution in [0.3, 0.4) is 0 Å². The summed E-state index contributed by atoms with van der Waals surface area (Å²) in [6.45, 7) is 5.28. The average molecular weight is 212 g/mol. The van der Waals surface area contributed by atoms with Gasteiger partial charge in [-0.2, -0.15) is 0 Å². The Morgan fingerprint density at radius 1 is 1.20 bits per heavy atom. The average Bonchev–Trinajstić information content (AvgIpc) is 2.15. The molecule has 0 heterocycles. The summed E-state index contributed by atoms with van der Waals surface area (Å²) in [6.07, 6.45) is 5.32. The highest BCUT2D eigenvalue weighted by atomic mass is 16.4. The van der Waals surface area contributed by atoms with Crippen molar-refractivity contribution < 1.29 is 19.8 Å². The lowest BCUT2D eigenvalue weighted by Crippen LogP contribution is -2.38. The van der Waals surface area contributed by atoms with Crippen LogP contribution in [-0.4, -0.2) is 22.2 Å². The van der Waals surface area contributed by atoms with Gasteiger partial charge < -0.3 is 10.2 Å². The zero-order valence-corrected chi connectivity index (χ0v) is 8.77. The molecule has 0 aliphatic carbocycles. The van der Waals surface area contributed by atoms with Gasteiger partial charge in [0.1, 0.15) is 0 Å². The first-order valence-electron chi connectivity index (χ1n) is 4.74. The van der Waals surface area contributed by atoms with Gasteiger partial charge in [0, 0.05) is 0 Å². The molecule has 2 N–H and O–H groups in total. The zero-order valence-electron chi connectivity index (χ0n) is 8.77. The maximum Gasteiger partial charge on any atom is 0.321 e. The van der Waals surface area contributed by atoms with Gasteiger partial charge in [0.05, 0.1) is 0 Å². The minimum absolute atomic E-state index is 0.0163. The Labute approximate surface area is 88.9 Å². The van der Waals surface area contributed by atoms with Crippen molar-refractivity contribution in [1.82, 2.24) is 0 Å². The highest BCUT2D eigenvalue weighted by Crippen LogP contribution is 2.28. The van der Waals surface area contributed by atoms with Crippen LogP contribution in [0.15, 0.2) is 24.8 Å². The van der Waals surface area contributed by atoms with E-state index in [9.17, 15) is 9.59 Å². The highest BCUT2D eigenvalue weighted by Gasteiger charge is 2.44. The van der Waals surface area contributed by atoms with E-state index in [2.05, 4.69) is 6.58 Å². The lowest BCUT2D eigenvalue weighted by Gasteiger charge is -2.21. The fraction of sp³-hybridized carbons (Fsp3) is 0.455. The fourth-order valence-corrected chi connectivity index (χ4v) is 1.22. The smallest absolute Gasteiger partial charge is 0.321 e. The number of hydrogen-bond acceptors (Lipinski definition) is 2. The summed E-state index contributed by atoms with van der Waals surface area (Å²) < 4.78 is 0. The Morgan fingerprint density at radius 3 is 2.07 bits per heavy atom. The molecule has 0 saturated carbocycles. The maximum atomic E-state index is 11.0. The van der Waals surface area contributed by atoms with Crippen molar-refractivity contribution in [1.29, 1.82) is 0 Å². The van der Waals surface area contributed by atoms with Gasteiger partial charge in [-0.05, 0) is 19.3 Å². The second-order valence-corrected chi connectivity index (χ2v) is 3.27. The Hall–Kier alpha value is -1.58. The van der Waals surface area contributed by atoms with E-state index in [1.807, 2.05) is 6.92 Å². The van der Waals surface area contributed by atoms with E-state index in [1.165, 1.54) is 6.08 Å². The number of hydrogen-bond donors (Lipinski definition) is 2. The molecule has 0 aliphatic heterocycles. The van der Waals surface area contributed by atoms with Crippen LogP contribution in [0.4, 0.5) is 0 Å². The van der Waals surface area contributed by atoms with Crippen LogP contribution in [-0.2, 0) is 9.59 Å². The molecular weight excluding hydrogens is 196 g/mol. The Balaban J connectivity index is 4.95. The minimum Gasteiger partial charge on any atom is -0.480 e. The van der Waals surface area contributed by atoms with Crippen LogP contribution in [0.1, 0.15) is 26.2 Å². The van der Waals surface area contributed by atoms with Crippen LogP contribution in [0, 0.1) is 5.41 Å². The molecule has 0 radical (unpaired) electrons. The number of carbonyl (C=O) groups is 2. The van der Waals surface area contributed by atoms with Crippen molar-refractivity contribution in [2.45, 2.75) is 26.2 Å². The second-order valence-electron chi connectivity index (χ2n) is 3.27. The van der Waals surface area contributed by atoms with Gasteiger partial charge >= 0.3 is 11.9 Å². The maximum absolute atomic E-state index is 11.0. The molecule has 0 aromatic heterocycles. The molecule has 15 heavy (non-hydrogen) atoms. The summed E-state index contributed by atoms with van der Waals surface area (Å²) in [5.74, 6) is -2.65. The predicted octanol–water partition coefficient (Wildman–Crippen LogP) is 2.07. The molecule has 4 heteroatoms. The molecule has 0 rings (SSSR count). The van der Waals surface area contributed by atoms with E-state index in [1.54, 1.807) is 12.2 Å². The van der Waals surface area contributed by atoms with Crippen LogP contribution >= 0.6 is 0 Å². The van der Waals surface area contributed by atoms with E-state index >= 15 is 0 Å². The number of rotatable bonds is 7. The molecule has 0 fully saturated rings. The SMILES string of the molecule is C=CCC(CC=CCC)(C(=O)O)C(=O)O. The van der Waals surface area contributed by atoms with Crippen molar-refractivity contribution in [3.8, 4) is 0 Å². The van der Waals surface area contributed by atoms with Crippen molar-refractivity contribution in [2.75, 3.05) is 0 Å². The summed E-state index contributed by atoms with van der Waals surface area (Å²) in [7, 11) is 0. The quantitative estimate of drug-likeness (QED) is 0.500. The third kappa shape index (κ3) is 3.23. The lowest BCUT2D eigenvalue weighted by atomic mass is 9.81. The molecule has 0 spiro atoms. The molecule has 0 saturated heterocycles. The Bertz CT molecular complexity index is 264. The van der Waals surface area contributed by atoms with Gasteiger partial charge in [-0.1, -0.05) is 25.2 Å². The third-order valence-corrected chi connectivity index (χ3v) is 2.18. The molecule has 0 aromatic rings. The largest absolute Gasteiger partial charge is 0.480 e. The molecule has 84 valence electrons. The number of carboxylic acids is 2. The standard InChI is InChI=1S/C11H16O4/c1-3-5-6-8-11(7-4-2,9(12)13)10(14)15/h4-6H,2-3,7-8H2,1H3,(H,12,13)(H,14,15). The van der Waals surface area contributed by atoms with E-state index in [0.717, 1.165) is 6.42 Å². The van der Waals surface area contributed by atoms with Crippen molar-refractivity contribution in [2.24, 2.45) is 5.41 Å². The molecule has 0 unspecified atom stereocenters. The molecule has 0 amide bonds. The first-order valence-corrected chi connectivity index (χ1v) is 4.74. The zero-order chi connectivity index (χ0) is 11.9. The first kappa shape index (κ1) is 13.4. The highest BCUT2D eigenvalue weighted by molar-refractivity contribution is 5.98. The van der Waals surface area contributed by atoms with Crippen molar-refractivity contribution in [3.05, 3.63) is 24.8 Å². The van der Waals surface area contributed by atoms with Gasteiger partial charge in [0.2, 0.25) is 0 Å². The van der Waals surface area contributed by atoms with E-state index in [-0.39, 0.29) is 12.8 Å². The topological polar surface area (TPSA) is 74.6 Å². The van der Waals surface area contributed by atoms with Crippen LogP contribution in [0.2, 0.25) is 0 Å². The van der Waals surface area contributed by atoms with E-state index in [0.29, 0.717) is 0 Å². The van der Waals surface area contributed by atoms with Crippen LogP contribution in [0.5, 0.6) is 0 Å². The van der Waals surface area contributed by atoms with Crippen molar-refractivity contribution in [3.63, 3.8) is 0 Å². The number of aliphatic carboxylic acids is 2. The molecular formula is C11H16O4. The van der Waals surface area contributed by atoms with Gasteiger partial charge in [0.15, 0.2) is 5.41 Å². The molecule has 0 bridgehead atoms. The summed E-state index contributed by atoms with van der Waals surface area (Å²) in [4.78, 5) is 22.0. The Kier molecular flexibility index (Phi) is 5.37. The van der Waals surface area contributed by atoms with Gasteiger partial charge in [-0.25, -0.2) is 0 Å². The Morgan fingerprint density at radius 2 is 1.73 bits per heavy atom. The normalized spacial score (nSPS) is 11.5. The van der Waals surface area contributed by atoms with Gasteiger partial charge in [0.25, 0.3) is 0 Å². The monoisotopic (exact) mass is 212 g/mol. The lowest BCUT2D eigenvalue weighted by molar-refractivity contribution is -0.164. The van der Waals surface area contributed by atoms with Gasteiger partial charge in [-0.3, -0.25) is 9.59 Å².